The third kappa shape index (κ3) is 3.63. The molecule has 2 aromatic carbocycles. The topological polar surface area (TPSA) is 79.3 Å². The van der Waals surface area contributed by atoms with Crippen molar-refractivity contribution in [3.05, 3.63) is 70.8 Å². The summed E-state index contributed by atoms with van der Waals surface area (Å²) in [6, 6.07) is 11.4. The molecule has 2 N–H and O–H groups in total. The third-order valence-electron chi connectivity index (χ3n) is 5.05. The second kappa shape index (κ2) is 7.62. The van der Waals surface area contributed by atoms with Crippen LogP contribution in [0, 0.1) is 26.6 Å². The first-order valence-electron chi connectivity index (χ1n) is 9.64. The van der Waals surface area contributed by atoms with Crippen LogP contribution >= 0.6 is 0 Å². The average Bonchev–Trinajstić information content (AvgIpc) is 3.26. The number of amides is 3. The van der Waals surface area contributed by atoms with Gasteiger partial charge in [0.25, 0.3) is 5.91 Å². The molecule has 1 aliphatic rings. The van der Waals surface area contributed by atoms with Crippen LogP contribution in [0.5, 0.6) is 0 Å². The summed E-state index contributed by atoms with van der Waals surface area (Å²) in [5.41, 5.74) is 4.30. The number of nitrogens with one attached hydrogen (secondary N) is 2. The maximum Gasteiger partial charge on any atom is 0.322 e. The predicted molar refractivity (Wildman–Crippen MR) is 113 cm³/mol. The Labute approximate surface area is 173 Å². The Balaban J connectivity index is 1.52. The molecule has 1 aromatic heterocycles. The van der Waals surface area contributed by atoms with Gasteiger partial charge in [0.2, 0.25) is 0 Å². The molecule has 8 heteroatoms. The lowest BCUT2D eigenvalue weighted by atomic mass is 10.1. The van der Waals surface area contributed by atoms with E-state index in [1.165, 1.54) is 10.7 Å². The number of carbonyl (C=O) groups is 2. The zero-order valence-electron chi connectivity index (χ0n) is 17.0. The molecule has 0 spiro atoms. The van der Waals surface area contributed by atoms with E-state index in [0.717, 1.165) is 22.6 Å². The minimum atomic E-state index is -0.481. The number of halogens is 1. The molecule has 0 unspecified atom stereocenters. The van der Waals surface area contributed by atoms with Crippen molar-refractivity contribution in [2.75, 3.05) is 23.3 Å². The lowest BCUT2D eigenvalue weighted by molar-refractivity contribution is 0.102. The van der Waals surface area contributed by atoms with Crippen LogP contribution in [0.3, 0.4) is 0 Å². The second-order valence-electron chi connectivity index (χ2n) is 7.34. The maximum absolute atomic E-state index is 14.6. The summed E-state index contributed by atoms with van der Waals surface area (Å²) in [5, 5.41) is 9.77. The number of rotatable bonds is 4. The van der Waals surface area contributed by atoms with Gasteiger partial charge >= 0.3 is 6.03 Å². The van der Waals surface area contributed by atoms with E-state index in [9.17, 15) is 14.0 Å². The summed E-state index contributed by atoms with van der Waals surface area (Å²) in [4.78, 5) is 26.2. The first-order valence-corrected chi connectivity index (χ1v) is 9.64. The Kier molecular flexibility index (Phi) is 4.99. The van der Waals surface area contributed by atoms with E-state index in [4.69, 9.17) is 0 Å². The second-order valence-corrected chi connectivity index (χ2v) is 7.34. The van der Waals surface area contributed by atoms with E-state index >= 15 is 0 Å². The average molecular weight is 407 g/mol. The predicted octanol–water partition coefficient (Wildman–Crippen LogP) is 3.72. The minimum absolute atomic E-state index is 0.145. The fraction of sp³-hybridized carbons (Fsp3) is 0.227. The van der Waals surface area contributed by atoms with Crippen LogP contribution in [0.15, 0.2) is 42.5 Å². The van der Waals surface area contributed by atoms with Crippen molar-refractivity contribution in [1.82, 2.24) is 15.1 Å². The van der Waals surface area contributed by atoms with Crippen LogP contribution < -0.4 is 15.5 Å². The standard InChI is InChI=1S/C22H22FN5O2/c1-13-10-16(4-6-19(13)27-9-8-24-22(27)30)21(29)25-17-5-7-20(18(23)12-17)28-15(3)11-14(2)26-28/h4-7,10-12H,8-9H2,1-3H3,(H,24,30)(H,25,29). The third-order valence-corrected chi connectivity index (χ3v) is 5.05. The maximum atomic E-state index is 14.6. The summed E-state index contributed by atoms with van der Waals surface area (Å²) >= 11 is 0. The van der Waals surface area contributed by atoms with Gasteiger partial charge in [0.15, 0.2) is 5.82 Å². The Morgan fingerprint density at radius 3 is 2.47 bits per heavy atom. The number of hydrogen-bond acceptors (Lipinski definition) is 3. The molecule has 30 heavy (non-hydrogen) atoms. The number of anilines is 2. The number of urea groups is 1. The molecule has 0 radical (unpaired) electrons. The monoisotopic (exact) mass is 407 g/mol. The van der Waals surface area contributed by atoms with Crippen LogP contribution in [0.25, 0.3) is 5.69 Å². The molecule has 0 saturated carbocycles. The van der Waals surface area contributed by atoms with Crippen molar-refractivity contribution in [3.63, 3.8) is 0 Å². The molecular weight excluding hydrogens is 385 g/mol. The van der Waals surface area contributed by atoms with E-state index in [2.05, 4.69) is 15.7 Å². The van der Waals surface area contributed by atoms with E-state index < -0.39 is 5.82 Å². The Hall–Kier alpha value is -3.68. The quantitative estimate of drug-likeness (QED) is 0.692. The van der Waals surface area contributed by atoms with Crippen molar-refractivity contribution < 1.29 is 14.0 Å². The highest BCUT2D eigenvalue weighted by molar-refractivity contribution is 6.05. The molecule has 0 aliphatic carbocycles. The van der Waals surface area contributed by atoms with Crippen molar-refractivity contribution >= 4 is 23.3 Å². The normalized spacial score (nSPS) is 13.5. The summed E-state index contributed by atoms with van der Waals surface area (Å²) in [6.45, 7) is 6.73. The summed E-state index contributed by atoms with van der Waals surface area (Å²) < 4.78 is 16.2. The zero-order valence-corrected chi connectivity index (χ0v) is 17.0. The first-order chi connectivity index (χ1) is 14.3. The molecule has 2 heterocycles. The van der Waals surface area contributed by atoms with Gasteiger partial charge < -0.3 is 10.6 Å². The Morgan fingerprint density at radius 1 is 1.10 bits per heavy atom. The van der Waals surface area contributed by atoms with Crippen LogP contribution in [0.1, 0.15) is 27.3 Å². The molecule has 154 valence electrons. The van der Waals surface area contributed by atoms with Gasteiger partial charge in [-0.2, -0.15) is 5.10 Å². The lowest BCUT2D eigenvalue weighted by Gasteiger charge is -2.17. The van der Waals surface area contributed by atoms with E-state index in [0.29, 0.717) is 30.0 Å². The van der Waals surface area contributed by atoms with Gasteiger partial charge in [-0.1, -0.05) is 0 Å². The lowest BCUT2D eigenvalue weighted by Crippen LogP contribution is -2.28. The van der Waals surface area contributed by atoms with Crippen LogP contribution in [-0.2, 0) is 0 Å². The zero-order chi connectivity index (χ0) is 21.4. The Morgan fingerprint density at radius 2 is 1.87 bits per heavy atom. The molecule has 3 aromatic rings. The fourth-order valence-corrected chi connectivity index (χ4v) is 3.63. The highest BCUT2D eigenvalue weighted by Crippen LogP contribution is 2.24. The number of aryl methyl sites for hydroxylation is 3. The SMILES string of the molecule is Cc1cc(C)n(-c2ccc(NC(=O)c3ccc(N4CCNC4=O)c(C)c3)cc2F)n1. The molecule has 0 bridgehead atoms. The van der Waals surface area contributed by atoms with Crippen molar-refractivity contribution in [2.45, 2.75) is 20.8 Å². The first kappa shape index (κ1) is 19.6. The van der Waals surface area contributed by atoms with Crippen molar-refractivity contribution in [2.24, 2.45) is 0 Å². The van der Waals surface area contributed by atoms with Gasteiger partial charge in [0.1, 0.15) is 5.69 Å². The number of nitrogens with zero attached hydrogens (tertiary/aromatic N) is 3. The van der Waals surface area contributed by atoms with Gasteiger partial charge in [0, 0.05) is 35.7 Å². The number of aromatic nitrogens is 2. The Bertz CT molecular complexity index is 1150. The highest BCUT2D eigenvalue weighted by atomic mass is 19.1. The van der Waals surface area contributed by atoms with Crippen LogP contribution in [0.2, 0.25) is 0 Å². The number of carbonyl (C=O) groups excluding carboxylic acids is 2. The van der Waals surface area contributed by atoms with Gasteiger partial charge in [-0.15, -0.1) is 0 Å². The molecule has 4 rings (SSSR count). The van der Waals surface area contributed by atoms with Gasteiger partial charge in [0.05, 0.1) is 5.69 Å². The number of hydrogen-bond donors (Lipinski definition) is 2. The van der Waals surface area contributed by atoms with E-state index in [1.807, 2.05) is 26.8 Å². The van der Waals surface area contributed by atoms with E-state index in [1.54, 1.807) is 35.2 Å². The summed E-state index contributed by atoms with van der Waals surface area (Å²) in [5.74, 6) is -0.834. The highest BCUT2D eigenvalue weighted by Gasteiger charge is 2.23. The van der Waals surface area contributed by atoms with E-state index in [-0.39, 0.29) is 11.9 Å². The van der Waals surface area contributed by atoms with Crippen LogP contribution in [-0.4, -0.2) is 34.8 Å². The molecule has 7 nitrogen and oxygen atoms in total. The minimum Gasteiger partial charge on any atom is -0.336 e. The van der Waals surface area contributed by atoms with Gasteiger partial charge in [-0.05, 0) is 68.8 Å². The van der Waals surface area contributed by atoms with Crippen LogP contribution in [0.4, 0.5) is 20.6 Å². The summed E-state index contributed by atoms with van der Waals surface area (Å²) in [6.07, 6.45) is 0. The summed E-state index contributed by atoms with van der Waals surface area (Å²) in [7, 11) is 0. The van der Waals surface area contributed by atoms with Gasteiger partial charge in [-0.3, -0.25) is 9.69 Å². The molecule has 3 amide bonds. The van der Waals surface area contributed by atoms with Gasteiger partial charge in [-0.25, -0.2) is 13.9 Å². The molecule has 0 atom stereocenters. The fourth-order valence-electron chi connectivity index (χ4n) is 3.63. The largest absolute Gasteiger partial charge is 0.336 e. The molecular formula is C22H22FN5O2. The van der Waals surface area contributed by atoms with Crippen molar-refractivity contribution in [3.8, 4) is 5.69 Å². The smallest absolute Gasteiger partial charge is 0.322 e. The molecule has 1 fully saturated rings. The number of benzene rings is 2. The molecule has 1 aliphatic heterocycles. The molecule has 1 saturated heterocycles. The van der Waals surface area contributed by atoms with Crippen molar-refractivity contribution in [1.29, 1.82) is 0 Å².